The van der Waals surface area contributed by atoms with Crippen molar-refractivity contribution in [3.05, 3.63) is 26.9 Å². The summed E-state index contributed by atoms with van der Waals surface area (Å²) in [5.74, 6) is 1.40. The van der Waals surface area contributed by atoms with E-state index in [1.807, 2.05) is 0 Å². The molecule has 0 spiro atoms. The number of nitrogens with two attached hydrogens (primary N) is 1. The van der Waals surface area contributed by atoms with Gasteiger partial charge in [0.25, 0.3) is 5.69 Å². The first-order valence-electron chi connectivity index (χ1n) is 6.29. The van der Waals surface area contributed by atoms with Gasteiger partial charge in [-0.05, 0) is 34.7 Å². The Bertz CT molecular complexity index is 483. The van der Waals surface area contributed by atoms with Gasteiger partial charge in [-0.3, -0.25) is 10.1 Å². The van der Waals surface area contributed by atoms with Gasteiger partial charge in [-0.25, -0.2) is 4.98 Å². The molecule has 2 unspecified atom stereocenters. The third-order valence-corrected chi connectivity index (χ3v) is 4.12. The molecule has 104 valence electrons. The van der Waals surface area contributed by atoms with Crippen molar-refractivity contribution in [2.75, 3.05) is 18.0 Å². The van der Waals surface area contributed by atoms with Crippen LogP contribution < -0.4 is 10.6 Å². The molecule has 6 nitrogen and oxygen atoms in total. The monoisotopic (exact) mass is 328 g/mol. The number of anilines is 1. The van der Waals surface area contributed by atoms with Gasteiger partial charge in [-0.2, -0.15) is 0 Å². The van der Waals surface area contributed by atoms with Crippen molar-refractivity contribution >= 4 is 27.4 Å². The minimum Gasteiger partial charge on any atom is -0.351 e. The van der Waals surface area contributed by atoms with Crippen LogP contribution in [0.1, 0.15) is 19.8 Å². The average Bonchev–Trinajstić information content (AvgIpc) is 2.38. The summed E-state index contributed by atoms with van der Waals surface area (Å²) in [4.78, 5) is 16.6. The summed E-state index contributed by atoms with van der Waals surface area (Å²) >= 11 is 3.37. The molecule has 19 heavy (non-hydrogen) atoms. The maximum Gasteiger partial charge on any atom is 0.288 e. The number of nitrogens with zero attached hydrogens (tertiary/aromatic N) is 3. The number of hydrogen-bond donors (Lipinski definition) is 1. The quantitative estimate of drug-likeness (QED) is 0.679. The predicted octanol–water partition coefficient (Wildman–Crippen LogP) is 2.32. The number of piperidine rings is 1. The van der Waals surface area contributed by atoms with Crippen LogP contribution in [-0.2, 0) is 0 Å². The molecule has 1 saturated heterocycles. The van der Waals surface area contributed by atoms with Crippen molar-refractivity contribution in [3.8, 4) is 0 Å². The molecule has 0 bridgehead atoms. The van der Waals surface area contributed by atoms with Crippen molar-refractivity contribution < 1.29 is 4.92 Å². The zero-order valence-corrected chi connectivity index (χ0v) is 12.3. The normalized spacial score (nSPS) is 23.4. The summed E-state index contributed by atoms with van der Waals surface area (Å²) in [5, 5.41) is 10.7. The highest BCUT2D eigenvalue weighted by molar-refractivity contribution is 9.10. The van der Waals surface area contributed by atoms with Crippen molar-refractivity contribution in [3.63, 3.8) is 0 Å². The van der Waals surface area contributed by atoms with Crippen LogP contribution in [0.4, 0.5) is 11.5 Å². The number of halogens is 1. The van der Waals surface area contributed by atoms with Crippen LogP contribution in [0.3, 0.4) is 0 Å². The molecule has 0 saturated carbocycles. The molecule has 2 rings (SSSR count). The highest BCUT2D eigenvalue weighted by Crippen LogP contribution is 2.32. The molecule has 1 aromatic heterocycles. The van der Waals surface area contributed by atoms with Gasteiger partial charge in [0.15, 0.2) is 0 Å². The summed E-state index contributed by atoms with van der Waals surface area (Å²) in [6.45, 7) is 3.67. The number of pyridine rings is 1. The third-order valence-electron chi connectivity index (χ3n) is 3.54. The van der Waals surface area contributed by atoms with E-state index in [1.54, 1.807) is 0 Å². The Labute approximate surface area is 120 Å². The van der Waals surface area contributed by atoms with E-state index < -0.39 is 4.92 Å². The molecule has 0 amide bonds. The molecule has 1 fully saturated rings. The number of hydrogen-bond acceptors (Lipinski definition) is 5. The minimum absolute atomic E-state index is 0.00898. The summed E-state index contributed by atoms with van der Waals surface area (Å²) in [7, 11) is 0. The lowest BCUT2D eigenvalue weighted by molar-refractivity contribution is -0.385. The van der Waals surface area contributed by atoms with E-state index in [9.17, 15) is 10.1 Å². The van der Waals surface area contributed by atoms with Crippen LogP contribution in [-0.4, -0.2) is 29.0 Å². The van der Waals surface area contributed by atoms with Crippen LogP contribution in [0.2, 0.25) is 0 Å². The van der Waals surface area contributed by atoms with Gasteiger partial charge in [0, 0.05) is 25.2 Å². The Balaban J connectivity index is 2.28. The summed E-state index contributed by atoms with van der Waals surface area (Å²) in [6, 6.07) is 1.74. The molecule has 0 radical (unpaired) electrons. The first kappa shape index (κ1) is 14.2. The predicted molar refractivity (Wildman–Crippen MR) is 77.2 cm³/mol. The lowest BCUT2D eigenvalue weighted by Gasteiger charge is -2.39. The van der Waals surface area contributed by atoms with Gasteiger partial charge in [0.2, 0.25) is 0 Å². The highest BCUT2D eigenvalue weighted by atomic mass is 79.9. The maximum absolute atomic E-state index is 10.7. The molecule has 1 aromatic rings. The first-order chi connectivity index (χ1) is 9.02. The largest absolute Gasteiger partial charge is 0.351 e. The Kier molecular flexibility index (Phi) is 4.36. The number of aromatic nitrogens is 1. The summed E-state index contributed by atoms with van der Waals surface area (Å²) in [6.07, 6.45) is 3.41. The SMILES string of the molecule is CC1CCN(c2ncc([N+](=O)[O-])cc2Br)C(CN)C1. The van der Waals surface area contributed by atoms with E-state index in [2.05, 4.69) is 32.7 Å². The summed E-state index contributed by atoms with van der Waals surface area (Å²) in [5.41, 5.74) is 5.82. The van der Waals surface area contributed by atoms with Gasteiger partial charge in [-0.1, -0.05) is 6.92 Å². The second kappa shape index (κ2) is 5.83. The molecular formula is C12H17BrN4O2. The van der Waals surface area contributed by atoms with Gasteiger partial charge >= 0.3 is 0 Å². The van der Waals surface area contributed by atoms with Gasteiger partial charge < -0.3 is 10.6 Å². The fourth-order valence-corrected chi connectivity index (χ4v) is 3.05. The molecular weight excluding hydrogens is 312 g/mol. The zero-order valence-electron chi connectivity index (χ0n) is 10.8. The first-order valence-corrected chi connectivity index (χ1v) is 7.09. The van der Waals surface area contributed by atoms with Crippen molar-refractivity contribution in [1.29, 1.82) is 0 Å². The highest BCUT2D eigenvalue weighted by Gasteiger charge is 2.28. The number of nitro groups is 1. The topological polar surface area (TPSA) is 85.3 Å². The van der Waals surface area contributed by atoms with E-state index >= 15 is 0 Å². The van der Waals surface area contributed by atoms with Gasteiger partial charge in [0.05, 0.1) is 9.40 Å². The fraction of sp³-hybridized carbons (Fsp3) is 0.583. The van der Waals surface area contributed by atoms with Crippen molar-refractivity contribution in [1.82, 2.24) is 4.98 Å². The van der Waals surface area contributed by atoms with Crippen LogP contribution >= 0.6 is 15.9 Å². The molecule has 0 aromatic carbocycles. The molecule has 1 aliphatic heterocycles. The number of rotatable bonds is 3. The average molecular weight is 329 g/mol. The van der Waals surface area contributed by atoms with Crippen molar-refractivity contribution in [2.45, 2.75) is 25.8 Å². The van der Waals surface area contributed by atoms with Gasteiger partial charge in [0.1, 0.15) is 12.0 Å². The lowest BCUT2D eigenvalue weighted by atomic mass is 9.92. The fourth-order valence-electron chi connectivity index (χ4n) is 2.49. The van der Waals surface area contributed by atoms with Crippen LogP contribution in [0.5, 0.6) is 0 Å². The van der Waals surface area contributed by atoms with E-state index in [-0.39, 0.29) is 11.7 Å². The lowest BCUT2D eigenvalue weighted by Crippen LogP contribution is -2.46. The standard InChI is InChI=1S/C12H17BrN4O2/c1-8-2-3-16(9(4-8)6-14)12-11(13)5-10(7-15-12)17(18)19/h5,7-9H,2-4,6,14H2,1H3. The maximum atomic E-state index is 10.7. The Morgan fingerprint density at radius 2 is 2.42 bits per heavy atom. The van der Waals surface area contributed by atoms with E-state index in [0.29, 0.717) is 16.9 Å². The van der Waals surface area contributed by atoms with E-state index in [1.165, 1.54) is 12.3 Å². The second-order valence-corrected chi connectivity index (χ2v) is 5.82. The van der Waals surface area contributed by atoms with Crippen LogP contribution in [0.25, 0.3) is 0 Å². The molecule has 0 aliphatic carbocycles. The Morgan fingerprint density at radius 3 is 3.00 bits per heavy atom. The molecule has 2 heterocycles. The summed E-state index contributed by atoms with van der Waals surface area (Å²) < 4.78 is 0.648. The van der Waals surface area contributed by atoms with Crippen LogP contribution in [0, 0.1) is 16.0 Å². The molecule has 2 N–H and O–H groups in total. The zero-order chi connectivity index (χ0) is 14.0. The minimum atomic E-state index is -0.444. The van der Waals surface area contributed by atoms with E-state index in [4.69, 9.17) is 5.73 Å². The molecule has 2 atom stereocenters. The van der Waals surface area contributed by atoms with Gasteiger partial charge in [-0.15, -0.1) is 0 Å². The van der Waals surface area contributed by atoms with Crippen molar-refractivity contribution in [2.24, 2.45) is 11.7 Å². The second-order valence-electron chi connectivity index (χ2n) is 4.97. The molecule has 1 aliphatic rings. The third kappa shape index (κ3) is 3.03. The van der Waals surface area contributed by atoms with E-state index in [0.717, 1.165) is 25.2 Å². The Morgan fingerprint density at radius 1 is 1.68 bits per heavy atom. The van der Waals surface area contributed by atoms with Crippen LogP contribution in [0.15, 0.2) is 16.7 Å². The smallest absolute Gasteiger partial charge is 0.288 e. The molecule has 7 heteroatoms. The Hall–Kier alpha value is -1.21.